The Morgan fingerprint density at radius 3 is 2.78 bits per heavy atom. The summed E-state index contributed by atoms with van der Waals surface area (Å²) >= 11 is 0. The Labute approximate surface area is 156 Å². The lowest BCUT2D eigenvalue weighted by Gasteiger charge is -2.19. The van der Waals surface area contributed by atoms with Crippen molar-refractivity contribution in [3.8, 4) is 11.6 Å². The van der Waals surface area contributed by atoms with Crippen molar-refractivity contribution in [2.75, 3.05) is 24.5 Å². The zero-order valence-electron chi connectivity index (χ0n) is 14.8. The number of hydrogen-bond donors (Lipinski definition) is 1. The number of aromatic nitrogens is 4. The minimum Gasteiger partial charge on any atom is -0.356 e. The number of pyridine rings is 2. The van der Waals surface area contributed by atoms with Crippen LogP contribution in [0.3, 0.4) is 0 Å². The molecule has 0 bridgehead atoms. The van der Waals surface area contributed by atoms with Gasteiger partial charge in [-0.05, 0) is 37.1 Å². The molecule has 0 aliphatic carbocycles. The van der Waals surface area contributed by atoms with Crippen molar-refractivity contribution in [2.45, 2.75) is 19.3 Å². The molecule has 0 radical (unpaired) electrons. The molecule has 1 amide bonds. The van der Waals surface area contributed by atoms with Crippen molar-refractivity contribution in [1.29, 1.82) is 0 Å². The van der Waals surface area contributed by atoms with Gasteiger partial charge in [0.05, 0.1) is 5.56 Å². The first-order valence-corrected chi connectivity index (χ1v) is 9.03. The quantitative estimate of drug-likeness (QED) is 0.715. The maximum Gasteiger partial charge on any atom is 0.276 e. The van der Waals surface area contributed by atoms with Crippen LogP contribution in [0.4, 0.5) is 5.82 Å². The van der Waals surface area contributed by atoms with Gasteiger partial charge in [0.1, 0.15) is 11.5 Å². The fourth-order valence-electron chi connectivity index (χ4n) is 3.09. The van der Waals surface area contributed by atoms with Crippen LogP contribution in [0.25, 0.3) is 11.6 Å². The third-order valence-electron chi connectivity index (χ3n) is 4.42. The van der Waals surface area contributed by atoms with Crippen LogP contribution in [0.1, 0.15) is 29.0 Å². The molecule has 8 heteroatoms. The highest BCUT2D eigenvalue weighted by Crippen LogP contribution is 2.21. The molecule has 0 saturated carbocycles. The smallest absolute Gasteiger partial charge is 0.276 e. The lowest BCUT2D eigenvalue weighted by Crippen LogP contribution is -2.29. The van der Waals surface area contributed by atoms with Gasteiger partial charge >= 0.3 is 0 Å². The second kappa shape index (κ2) is 7.94. The average Bonchev–Trinajstić information content (AvgIpc) is 3.41. The van der Waals surface area contributed by atoms with Crippen molar-refractivity contribution >= 4 is 11.7 Å². The highest BCUT2D eigenvalue weighted by atomic mass is 16.5. The Hall–Kier alpha value is -3.29. The summed E-state index contributed by atoms with van der Waals surface area (Å²) in [5, 5.41) is 6.86. The first-order chi connectivity index (χ1) is 13.3. The zero-order valence-corrected chi connectivity index (χ0v) is 14.8. The average molecular weight is 364 g/mol. The first-order valence-electron chi connectivity index (χ1n) is 9.03. The minimum absolute atomic E-state index is 0.140. The normalized spacial score (nSPS) is 13.7. The molecule has 8 nitrogen and oxygen atoms in total. The first kappa shape index (κ1) is 17.1. The molecule has 1 saturated heterocycles. The zero-order chi connectivity index (χ0) is 18.5. The van der Waals surface area contributed by atoms with E-state index in [0.29, 0.717) is 35.9 Å². The van der Waals surface area contributed by atoms with Gasteiger partial charge in [0.15, 0.2) is 5.82 Å². The molecule has 1 N–H and O–H groups in total. The van der Waals surface area contributed by atoms with E-state index >= 15 is 0 Å². The SMILES string of the molecule is O=C(NCCc1noc(-c2ccccn2)n1)c1cccnc1N1CCCC1. The fourth-order valence-corrected chi connectivity index (χ4v) is 3.09. The monoisotopic (exact) mass is 364 g/mol. The molecule has 3 aromatic heterocycles. The van der Waals surface area contributed by atoms with Crippen LogP contribution >= 0.6 is 0 Å². The van der Waals surface area contributed by atoms with E-state index in [4.69, 9.17) is 4.52 Å². The molecule has 0 atom stereocenters. The topological polar surface area (TPSA) is 97.0 Å². The largest absolute Gasteiger partial charge is 0.356 e. The Balaban J connectivity index is 1.36. The van der Waals surface area contributed by atoms with Crippen molar-refractivity contribution in [1.82, 2.24) is 25.4 Å². The van der Waals surface area contributed by atoms with E-state index in [-0.39, 0.29) is 5.91 Å². The van der Waals surface area contributed by atoms with Gasteiger partial charge in [-0.3, -0.25) is 9.78 Å². The number of nitrogens with one attached hydrogen (secondary N) is 1. The van der Waals surface area contributed by atoms with Crippen molar-refractivity contribution in [3.05, 3.63) is 54.1 Å². The fraction of sp³-hybridized carbons (Fsp3) is 0.316. The van der Waals surface area contributed by atoms with E-state index in [9.17, 15) is 4.79 Å². The summed E-state index contributed by atoms with van der Waals surface area (Å²) in [6.45, 7) is 2.29. The van der Waals surface area contributed by atoms with Crippen LogP contribution in [-0.2, 0) is 6.42 Å². The molecule has 0 spiro atoms. The van der Waals surface area contributed by atoms with Gasteiger partial charge in [-0.1, -0.05) is 11.2 Å². The number of amides is 1. The van der Waals surface area contributed by atoms with Gasteiger partial charge in [-0.15, -0.1) is 0 Å². The standard InChI is InChI=1S/C19H20N6O2/c26-18(14-6-5-10-21-17(14)25-12-3-4-13-25)22-11-8-16-23-19(27-24-16)15-7-1-2-9-20-15/h1-2,5-7,9-10H,3-4,8,11-13H2,(H,22,26). The molecular formula is C19H20N6O2. The summed E-state index contributed by atoms with van der Waals surface area (Å²) < 4.78 is 5.23. The number of anilines is 1. The van der Waals surface area contributed by atoms with E-state index < -0.39 is 0 Å². The molecule has 0 unspecified atom stereocenters. The molecule has 138 valence electrons. The van der Waals surface area contributed by atoms with Crippen LogP contribution in [0.15, 0.2) is 47.2 Å². The Morgan fingerprint density at radius 2 is 1.96 bits per heavy atom. The highest BCUT2D eigenvalue weighted by Gasteiger charge is 2.20. The lowest BCUT2D eigenvalue weighted by atomic mass is 10.2. The van der Waals surface area contributed by atoms with Crippen LogP contribution < -0.4 is 10.2 Å². The molecule has 4 heterocycles. The van der Waals surface area contributed by atoms with E-state index in [0.717, 1.165) is 31.7 Å². The van der Waals surface area contributed by atoms with Gasteiger partial charge in [0, 0.05) is 38.4 Å². The third-order valence-corrected chi connectivity index (χ3v) is 4.42. The van der Waals surface area contributed by atoms with Gasteiger partial charge in [0.25, 0.3) is 11.8 Å². The summed E-state index contributed by atoms with van der Waals surface area (Å²) in [5.41, 5.74) is 1.23. The van der Waals surface area contributed by atoms with E-state index in [1.165, 1.54) is 0 Å². The van der Waals surface area contributed by atoms with Crippen molar-refractivity contribution < 1.29 is 9.32 Å². The number of nitrogens with zero attached hydrogens (tertiary/aromatic N) is 5. The molecule has 0 aromatic carbocycles. The Bertz CT molecular complexity index is 905. The summed E-state index contributed by atoms with van der Waals surface area (Å²) in [4.78, 5) is 27.6. The van der Waals surface area contributed by atoms with Crippen molar-refractivity contribution in [2.24, 2.45) is 0 Å². The lowest BCUT2D eigenvalue weighted by molar-refractivity contribution is 0.0954. The summed E-state index contributed by atoms with van der Waals surface area (Å²) in [5.74, 6) is 1.52. The van der Waals surface area contributed by atoms with Crippen LogP contribution in [-0.4, -0.2) is 45.7 Å². The van der Waals surface area contributed by atoms with Gasteiger partial charge in [-0.2, -0.15) is 4.98 Å². The van der Waals surface area contributed by atoms with Crippen LogP contribution in [0.5, 0.6) is 0 Å². The molecule has 27 heavy (non-hydrogen) atoms. The molecular weight excluding hydrogens is 344 g/mol. The highest BCUT2D eigenvalue weighted by molar-refractivity contribution is 5.98. The van der Waals surface area contributed by atoms with E-state index in [2.05, 4.69) is 30.3 Å². The molecule has 3 aromatic rings. The Morgan fingerprint density at radius 1 is 1.11 bits per heavy atom. The molecule has 4 rings (SSSR count). The van der Waals surface area contributed by atoms with Gasteiger partial charge in [0.2, 0.25) is 0 Å². The maximum absolute atomic E-state index is 12.6. The second-order valence-corrected chi connectivity index (χ2v) is 6.31. The maximum atomic E-state index is 12.6. The predicted octanol–water partition coefficient (Wildman–Crippen LogP) is 2.10. The minimum atomic E-state index is -0.140. The van der Waals surface area contributed by atoms with E-state index in [1.54, 1.807) is 24.5 Å². The van der Waals surface area contributed by atoms with Gasteiger partial charge < -0.3 is 14.7 Å². The van der Waals surface area contributed by atoms with E-state index in [1.807, 2.05) is 18.2 Å². The number of hydrogen-bond acceptors (Lipinski definition) is 7. The predicted molar refractivity (Wildman–Crippen MR) is 99.3 cm³/mol. The summed E-state index contributed by atoms with van der Waals surface area (Å²) in [6.07, 6.45) is 6.14. The molecule has 1 aliphatic rings. The van der Waals surface area contributed by atoms with Crippen LogP contribution in [0.2, 0.25) is 0 Å². The third kappa shape index (κ3) is 3.94. The number of carbonyl (C=O) groups excluding carboxylic acids is 1. The van der Waals surface area contributed by atoms with Crippen molar-refractivity contribution in [3.63, 3.8) is 0 Å². The van der Waals surface area contributed by atoms with Gasteiger partial charge in [-0.25, -0.2) is 4.98 Å². The molecule has 1 aliphatic heterocycles. The summed E-state index contributed by atoms with van der Waals surface area (Å²) in [7, 11) is 0. The summed E-state index contributed by atoms with van der Waals surface area (Å²) in [6, 6.07) is 9.08. The Kier molecular flexibility index (Phi) is 5.04. The number of rotatable bonds is 6. The van der Waals surface area contributed by atoms with Crippen LogP contribution in [0, 0.1) is 0 Å². The second-order valence-electron chi connectivity index (χ2n) is 6.31. The molecule has 1 fully saturated rings. The number of carbonyl (C=O) groups is 1.